The molecule has 2 N–H and O–H groups in total. The Labute approximate surface area is 173 Å². The van der Waals surface area contributed by atoms with Crippen molar-refractivity contribution in [3.05, 3.63) is 34.9 Å². The van der Waals surface area contributed by atoms with Crippen LogP contribution in [0, 0.1) is 0 Å². The number of benzene rings is 1. The molecule has 3 aliphatic heterocycles. The SMILES string of the molecule is O=C1CCC(N2Cc3cc(CN4CCCCNCC(F)(F)C4)ccc3C2=O)C(=O)N1. The van der Waals surface area contributed by atoms with Crippen molar-refractivity contribution in [3.8, 4) is 0 Å². The molecule has 3 heterocycles. The summed E-state index contributed by atoms with van der Waals surface area (Å²) in [5.41, 5.74) is 2.19. The normalized spacial score (nSPS) is 25.3. The predicted octanol–water partition coefficient (Wildman–Crippen LogP) is 1.27. The Hall–Kier alpha value is -2.39. The number of amides is 3. The summed E-state index contributed by atoms with van der Waals surface area (Å²) in [7, 11) is 0. The van der Waals surface area contributed by atoms with Crippen molar-refractivity contribution in [1.29, 1.82) is 0 Å². The van der Waals surface area contributed by atoms with Crippen LogP contribution in [0.15, 0.2) is 18.2 Å². The van der Waals surface area contributed by atoms with Gasteiger partial charge < -0.3 is 10.2 Å². The molecule has 1 aromatic carbocycles. The maximum absolute atomic E-state index is 14.2. The number of fused-ring (bicyclic) bond motifs is 1. The molecule has 0 aliphatic carbocycles. The van der Waals surface area contributed by atoms with Gasteiger partial charge in [-0.2, -0.15) is 0 Å². The minimum atomic E-state index is -2.79. The Bertz CT molecular complexity index is 861. The van der Waals surface area contributed by atoms with Crippen LogP contribution in [0.5, 0.6) is 0 Å². The van der Waals surface area contributed by atoms with Gasteiger partial charge in [-0.25, -0.2) is 8.78 Å². The van der Waals surface area contributed by atoms with Gasteiger partial charge in [-0.3, -0.25) is 24.6 Å². The number of piperidine rings is 1. The van der Waals surface area contributed by atoms with Crippen molar-refractivity contribution in [1.82, 2.24) is 20.4 Å². The van der Waals surface area contributed by atoms with E-state index in [1.165, 1.54) is 4.90 Å². The minimum absolute atomic E-state index is 0.208. The van der Waals surface area contributed by atoms with E-state index in [0.29, 0.717) is 31.6 Å². The van der Waals surface area contributed by atoms with E-state index in [-0.39, 0.29) is 37.9 Å². The zero-order chi connectivity index (χ0) is 21.3. The zero-order valence-corrected chi connectivity index (χ0v) is 16.8. The van der Waals surface area contributed by atoms with Crippen molar-refractivity contribution in [3.63, 3.8) is 0 Å². The summed E-state index contributed by atoms with van der Waals surface area (Å²) in [4.78, 5) is 39.6. The number of hydrogen-bond acceptors (Lipinski definition) is 5. The number of carbonyl (C=O) groups excluding carboxylic acids is 3. The van der Waals surface area contributed by atoms with E-state index >= 15 is 0 Å². The molecule has 1 unspecified atom stereocenters. The van der Waals surface area contributed by atoms with Gasteiger partial charge >= 0.3 is 0 Å². The van der Waals surface area contributed by atoms with E-state index in [1.54, 1.807) is 17.0 Å². The average Bonchev–Trinajstić information content (AvgIpc) is 3.03. The van der Waals surface area contributed by atoms with Gasteiger partial charge in [0.2, 0.25) is 11.8 Å². The predicted molar refractivity (Wildman–Crippen MR) is 105 cm³/mol. The fraction of sp³-hybridized carbons (Fsp3) is 0.571. The molecule has 4 rings (SSSR count). The van der Waals surface area contributed by atoms with Gasteiger partial charge in [0.15, 0.2) is 0 Å². The summed E-state index contributed by atoms with van der Waals surface area (Å²) in [6.45, 7) is 1.24. The molecule has 0 spiro atoms. The first-order chi connectivity index (χ1) is 14.3. The molecule has 3 amide bonds. The lowest BCUT2D eigenvalue weighted by Crippen LogP contribution is -2.52. The highest BCUT2D eigenvalue weighted by atomic mass is 19.3. The molecule has 7 nitrogen and oxygen atoms in total. The molecule has 2 saturated heterocycles. The number of halogens is 2. The third-order valence-corrected chi connectivity index (χ3v) is 5.91. The van der Waals surface area contributed by atoms with Crippen LogP contribution in [0.25, 0.3) is 0 Å². The fourth-order valence-electron chi connectivity index (χ4n) is 4.44. The largest absolute Gasteiger partial charge is 0.322 e. The van der Waals surface area contributed by atoms with Crippen molar-refractivity contribution >= 4 is 17.7 Å². The molecule has 162 valence electrons. The third kappa shape index (κ3) is 4.52. The van der Waals surface area contributed by atoms with Crippen LogP contribution in [0.2, 0.25) is 0 Å². The highest BCUT2D eigenvalue weighted by molar-refractivity contribution is 6.05. The van der Waals surface area contributed by atoms with Crippen molar-refractivity contribution in [2.45, 2.75) is 50.7 Å². The van der Waals surface area contributed by atoms with Gasteiger partial charge in [0, 0.05) is 25.1 Å². The standard InChI is InChI=1S/C21H26F2N4O3/c22-21(23)12-24-7-1-2-8-26(13-21)10-14-3-4-16-15(9-14)11-27(20(16)30)17-5-6-18(28)25-19(17)29/h3-4,9,17,24H,1-2,5-8,10-13H2,(H,25,28,29). The van der Waals surface area contributed by atoms with Gasteiger partial charge in [-0.1, -0.05) is 12.1 Å². The second-order valence-electron chi connectivity index (χ2n) is 8.34. The number of nitrogens with zero attached hydrogens (tertiary/aromatic N) is 2. The van der Waals surface area contributed by atoms with Crippen LogP contribution in [-0.2, 0) is 22.7 Å². The van der Waals surface area contributed by atoms with E-state index in [4.69, 9.17) is 0 Å². The first-order valence-corrected chi connectivity index (χ1v) is 10.4. The highest BCUT2D eigenvalue weighted by Gasteiger charge is 2.39. The van der Waals surface area contributed by atoms with Crippen LogP contribution >= 0.6 is 0 Å². The molecule has 3 aliphatic rings. The van der Waals surface area contributed by atoms with Crippen molar-refractivity contribution < 1.29 is 23.2 Å². The molecule has 30 heavy (non-hydrogen) atoms. The smallest absolute Gasteiger partial charge is 0.272 e. The fourth-order valence-corrected chi connectivity index (χ4v) is 4.44. The Morgan fingerprint density at radius 2 is 2.00 bits per heavy atom. The van der Waals surface area contributed by atoms with Gasteiger partial charge in [0.1, 0.15) is 6.04 Å². The van der Waals surface area contributed by atoms with E-state index in [0.717, 1.165) is 24.0 Å². The first kappa shape index (κ1) is 20.9. The lowest BCUT2D eigenvalue weighted by atomic mass is 10.0. The summed E-state index contributed by atoms with van der Waals surface area (Å²) >= 11 is 0. The van der Waals surface area contributed by atoms with E-state index in [1.807, 2.05) is 6.07 Å². The minimum Gasteiger partial charge on any atom is -0.322 e. The van der Waals surface area contributed by atoms with Gasteiger partial charge in [0.05, 0.1) is 13.1 Å². The molecule has 2 fully saturated rings. The van der Waals surface area contributed by atoms with Crippen LogP contribution in [0.3, 0.4) is 0 Å². The molecular weight excluding hydrogens is 394 g/mol. The molecular formula is C21H26F2N4O3. The van der Waals surface area contributed by atoms with Crippen LogP contribution in [0.1, 0.15) is 47.2 Å². The van der Waals surface area contributed by atoms with Crippen LogP contribution < -0.4 is 10.6 Å². The summed E-state index contributed by atoms with van der Waals surface area (Å²) < 4.78 is 28.3. The summed E-state index contributed by atoms with van der Waals surface area (Å²) in [6.07, 6.45) is 2.22. The second kappa shape index (κ2) is 8.39. The maximum atomic E-state index is 14.2. The Kier molecular flexibility index (Phi) is 5.84. The zero-order valence-electron chi connectivity index (χ0n) is 16.8. The lowest BCUT2D eigenvalue weighted by molar-refractivity contribution is -0.136. The maximum Gasteiger partial charge on any atom is 0.272 e. The molecule has 1 aromatic rings. The first-order valence-electron chi connectivity index (χ1n) is 10.4. The number of alkyl halides is 2. The van der Waals surface area contributed by atoms with E-state index in [9.17, 15) is 23.2 Å². The molecule has 1 atom stereocenters. The molecule has 0 saturated carbocycles. The Morgan fingerprint density at radius 3 is 2.80 bits per heavy atom. The van der Waals surface area contributed by atoms with Crippen LogP contribution in [-0.4, -0.2) is 65.7 Å². The second-order valence-corrected chi connectivity index (χ2v) is 8.34. The number of nitrogens with one attached hydrogen (secondary N) is 2. The molecule has 9 heteroatoms. The monoisotopic (exact) mass is 420 g/mol. The lowest BCUT2D eigenvalue weighted by Gasteiger charge is -2.29. The summed E-state index contributed by atoms with van der Waals surface area (Å²) in [5.74, 6) is -3.79. The highest BCUT2D eigenvalue weighted by Crippen LogP contribution is 2.29. The number of hydrogen-bond donors (Lipinski definition) is 2. The van der Waals surface area contributed by atoms with E-state index in [2.05, 4.69) is 10.6 Å². The molecule has 0 bridgehead atoms. The van der Waals surface area contributed by atoms with Crippen molar-refractivity contribution in [2.75, 3.05) is 26.2 Å². The number of rotatable bonds is 3. The average molecular weight is 420 g/mol. The van der Waals surface area contributed by atoms with Crippen molar-refractivity contribution in [2.24, 2.45) is 0 Å². The van der Waals surface area contributed by atoms with Gasteiger partial charge in [-0.15, -0.1) is 0 Å². The van der Waals surface area contributed by atoms with Crippen LogP contribution in [0.4, 0.5) is 8.78 Å². The number of imide groups is 1. The van der Waals surface area contributed by atoms with Gasteiger partial charge in [-0.05, 0) is 49.5 Å². The Morgan fingerprint density at radius 1 is 1.17 bits per heavy atom. The van der Waals surface area contributed by atoms with E-state index < -0.39 is 17.9 Å². The Balaban J connectivity index is 1.47. The molecule has 0 radical (unpaired) electrons. The topological polar surface area (TPSA) is 81.8 Å². The summed E-state index contributed by atoms with van der Waals surface area (Å²) in [5, 5.41) is 5.10. The number of carbonyl (C=O) groups is 3. The molecule has 0 aromatic heterocycles. The van der Waals surface area contributed by atoms with Gasteiger partial charge in [0.25, 0.3) is 11.8 Å². The third-order valence-electron chi connectivity index (χ3n) is 5.91. The summed E-state index contributed by atoms with van der Waals surface area (Å²) in [6, 6.07) is 4.74. The quantitative estimate of drug-likeness (QED) is 0.720.